The predicted octanol–water partition coefficient (Wildman–Crippen LogP) is 3.01. The lowest BCUT2D eigenvalue weighted by Crippen LogP contribution is -2.46. The Balaban J connectivity index is 1.68. The highest BCUT2D eigenvalue weighted by atomic mass is 32.2. The number of likely N-dealkylation sites (tertiary alicyclic amines) is 1. The fourth-order valence-electron chi connectivity index (χ4n) is 2.89. The number of thiophene rings is 1. The Kier molecular flexibility index (Phi) is 7.55. The maximum Gasteiger partial charge on any atom is 0.315 e. The summed E-state index contributed by atoms with van der Waals surface area (Å²) in [4.78, 5) is 15.8. The van der Waals surface area contributed by atoms with Crippen LogP contribution >= 0.6 is 23.1 Å². The number of thioether (sulfide) groups is 1. The zero-order valence-electron chi connectivity index (χ0n) is 13.5. The Morgan fingerprint density at radius 1 is 1.59 bits per heavy atom. The minimum atomic E-state index is -0.0306. The molecule has 2 heterocycles. The highest BCUT2D eigenvalue weighted by Gasteiger charge is 2.20. The van der Waals surface area contributed by atoms with Gasteiger partial charge in [0.25, 0.3) is 0 Å². The summed E-state index contributed by atoms with van der Waals surface area (Å²) in [7, 11) is 0. The molecule has 2 amide bonds. The van der Waals surface area contributed by atoms with Crippen molar-refractivity contribution in [2.75, 3.05) is 31.6 Å². The fraction of sp³-hybridized carbons (Fsp3) is 0.688. The summed E-state index contributed by atoms with van der Waals surface area (Å²) in [5, 5.41) is 8.16. The molecule has 0 aliphatic carbocycles. The molecule has 4 nitrogen and oxygen atoms in total. The molecule has 2 atom stereocenters. The van der Waals surface area contributed by atoms with Gasteiger partial charge in [0.15, 0.2) is 0 Å². The van der Waals surface area contributed by atoms with Crippen LogP contribution in [0.15, 0.2) is 17.5 Å². The van der Waals surface area contributed by atoms with Crippen molar-refractivity contribution in [3.63, 3.8) is 0 Å². The zero-order valence-corrected chi connectivity index (χ0v) is 15.1. The van der Waals surface area contributed by atoms with Gasteiger partial charge in [0.05, 0.1) is 0 Å². The van der Waals surface area contributed by atoms with Crippen molar-refractivity contribution in [1.82, 2.24) is 15.5 Å². The number of amides is 2. The van der Waals surface area contributed by atoms with Crippen molar-refractivity contribution in [3.05, 3.63) is 22.4 Å². The van der Waals surface area contributed by atoms with E-state index in [9.17, 15) is 4.79 Å². The molecule has 0 spiro atoms. The standard InChI is InChI=1S/C16H27N3OS2/c1-13(12-21-2)18-16(20)17-9-14-5-3-7-19(10-14)11-15-6-4-8-22-15/h4,6,8,13-14H,3,5,7,9-12H2,1-2H3,(H2,17,18,20)/t13-,14+/m1/s1. The SMILES string of the molecule is CSC[C@@H](C)NC(=O)NC[C@@H]1CCCN(Cc2cccs2)C1. The first-order valence-corrected chi connectivity index (χ1v) is 10.2. The van der Waals surface area contributed by atoms with E-state index in [1.807, 2.05) is 18.3 Å². The third-order valence-corrected chi connectivity index (χ3v) is 5.60. The van der Waals surface area contributed by atoms with Crippen LogP contribution < -0.4 is 10.6 Å². The summed E-state index contributed by atoms with van der Waals surface area (Å²) >= 11 is 3.58. The average Bonchev–Trinajstić information content (AvgIpc) is 2.99. The molecule has 2 rings (SSSR count). The normalized spacial score (nSPS) is 20.5. The number of piperidine rings is 1. The number of carbonyl (C=O) groups is 1. The minimum absolute atomic E-state index is 0.0306. The van der Waals surface area contributed by atoms with Crippen LogP contribution in [0.3, 0.4) is 0 Å². The first kappa shape index (κ1) is 17.6. The van der Waals surface area contributed by atoms with E-state index in [1.165, 1.54) is 24.3 Å². The second kappa shape index (κ2) is 9.43. The number of nitrogens with zero attached hydrogens (tertiary/aromatic N) is 1. The molecule has 1 aromatic heterocycles. The van der Waals surface area contributed by atoms with Gasteiger partial charge in [-0.1, -0.05) is 6.07 Å². The van der Waals surface area contributed by atoms with E-state index in [0.29, 0.717) is 5.92 Å². The molecule has 22 heavy (non-hydrogen) atoms. The van der Waals surface area contributed by atoms with Gasteiger partial charge in [0, 0.05) is 36.3 Å². The van der Waals surface area contributed by atoms with Crippen molar-refractivity contribution in [2.24, 2.45) is 5.92 Å². The van der Waals surface area contributed by atoms with Gasteiger partial charge in [-0.2, -0.15) is 11.8 Å². The highest BCUT2D eigenvalue weighted by molar-refractivity contribution is 7.98. The molecule has 6 heteroatoms. The van der Waals surface area contributed by atoms with Crippen molar-refractivity contribution in [2.45, 2.75) is 32.4 Å². The number of hydrogen-bond acceptors (Lipinski definition) is 4. The topological polar surface area (TPSA) is 44.4 Å². The Morgan fingerprint density at radius 3 is 3.18 bits per heavy atom. The van der Waals surface area contributed by atoms with Crippen LogP contribution in [-0.2, 0) is 6.54 Å². The molecule has 0 unspecified atom stereocenters. The number of hydrogen-bond donors (Lipinski definition) is 2. The van der Waals surface area contributed by atoms with Crippen LogP contribution in [0.5, 0.6) is 0 Å². The van der Waals surface area contributed by atoms with E-state index in [2.05, 4.69) is 39.3 Å². The molecular weight excluding hydrogens is 314 g/mol. The van der Waals surface area contributed by atoms with Crippen LogP contribution in [0.4, 0.5) is 4.79 Å². The lowest BCUT2D eigenvalue weighted by Gasteiger charge is -2.32. The quantitative estimate of drug-likeness (QED) is 0.801. The van der Waals surface area contributed by atoms with Gasteiger partial charge in [-0.15, -0.1) is 11.3 Å². The lowest BCUT2D eigenvalue weighted by molar-refractivity contribution is 0.166. The van der Waals surface area contributed by atoms with Crippen molar-refractivity contribution in [3.8, 4) is 0 Å². The number of nitrogens with one attached hydrogen (secondary N) is 2. The molecule has 124 valence electrons. The molecule has 0 radical (unpaired) electrons. The van der Waals surface area contributed by atoms with E-state index in [0.717, 1.165) is 25.4 Å². The Bertz CT molecular complexity index is 439. The molecule has 0 bridgehead atoms. The van der Waals surface area contributed by atoms with Gasteiger partial charge >= 0.3 is 6.03 Å². The van der Waals surface area contributed by atoms with Gasteiger partial charge in [-0.05, 0) is 49.9 Å². The minimum Gasteiger partial charge on any atom is -0.338 e. The number of rotatable bonds is 7. The fourth-order valence-corrected chi connectivity index (χ4v) is 4.22. The molecule has 0 saturated carbocycles. The molecule has 1 saturated heterocycles. The van der Waals surface area contributed by atoms with E-state index < -0.39 is 0 Å². The lowest BCUT2D eigenvalue weighted by atomic mass is 9.98. The molecule has 1 aliphatic heterocycles. The monoisotopic (exact) mass is 341 g/mol. The summed E-state index contributed by atoms with van der Waals surface area (Å²) in [5.74, 6) is 1.51. The molecule has 2 N–H and O–H groups in total. The van der Waals surface area contributed by atoms with Gasteiger partial charge < -0.3 is 10.6 Å². The first-order chi connectivity index (χ1) is 10.7. The molecule has 1 aliphatic rings. The van der Waals surface area contributed by atoms with E-state index in [-0.39, 0.29) is 12.1 Å². The Labute approximate surface area is 142 Å². The molecule has 1 fully saturated rings. The predicted molar refractivity (Wildman–Crippen MR) is 96.7 cm³/mol. The summed E-state index contributed by atoms with van der Waals surface area (Å²) in [6.45, 7) is 6.12. The van der Waals surface area contributed by atoms with Crippen LogP contribution in [0.2, 0.25) is 0 Å². The van der Waals surface area contributed by atoms with Crippen molar-refractivity contribution < 1.29 is 4.79 Å². The Hall–Kier alpha value is -0.720. The van der Waals surface area contributed by atoms with Gasteiger partial charge in [-0.25, -0.2) is 4.79 Å². The second-order valence-electron chi connectivity index (χ2n) is 6.03. The molecular formula is C16H27N3OS2. The van der Waals surface area contributed by atoms with Crippen LogP contribution in [0, 0.1) is 5.92 Å². The second-order valence-corrected chi connectivity index (χ2v) is 7.98. The number of carbonyl (C=O) groups excluding carboxylic acids is 1. The van der Waals surface area contributed by atoms with Crippen LogP contribution in [0.25, 0.3) is 0 Å². The maximum atomic E-state index is 11.9. The van der Waals surface area contributed by atoms with Crippen molar-refractivity contribution in [1.29, 1.82) is 0 Å². The zero-order chi connectivity index (χ0) is 15.8. The number of urea groups is 1. The third kappa shape index (κ3) is 6.18. The van der Waals surface area contributed by atoms with Gasteiger partial charge in [-0.3, -0.25) is 4.90 Å². The largest absolute Gasteiger partial charge is 0.338 e. The Morgan fingerprint density at radius 2 is 2.45 bits per heavy atom. The maximum absolute atomic E-state index is 11.9. The smallest absolute Gasteiger partial charge is 0.315 e. The third-order valence-electron chi connectivity index (χ3n) is 3.91. The van der Waals surface area contributed by atoms with E-state index in [1.54, 1.807) is 11.8 Å². The van der Waals surface area contributed by atoms with Gasteiger partial charge in [0.2, 0.25) is 0 Å². The summed E-state index contributed by atoms with van der Waals surface area (Å²) < 4.78 is 0. The average molecular weight is 342 g/mol. The van der Waals surface area contributed by atoms with Crippen LogP contribution in [-0.4, -0.2) is 48.6 Å². The molecule has 1 aromatic rings. The van der Waals surface area contributed by atoms with E-state index >= 15 is 0 Å². The highest BCUT2D eigenvalue weighted by Crippen LogP contribution is 2.19. The van der Waals surface area contributed by atoms with E-state index in [4.69, 9.17) is 0 Å². The van der Waals surface area contributed by atoms with Gasteiger partial charge in [0.1, 0.15) is 0 Å². The first-order valence-electron chi connectivity index (χ1n) is 7.95. The summed E-state index contributed by atoms with van der Waals surface area (Å²) in [6.07, 6.45) is 4.49. The van der Waals surface area contributed by atoms with Crippen LogP contribution in [0.1, 0.15) is 24.6 Å². The summed E-state index contributed by atoms with van der Waals surface area (Å²) in [5.41, 5.74) is 0. The van der Waals surface area contributed by atoms with Crippen molar-refractivity contribution >= 4 is 29.1 Å². The summed E-state index contributed by atoms with van der Waals surface area (Å²) in [6, 6.07) is 4.50. The molecule has 0 aromatic carbocycles.